The molecular weight excluding hydrogens is 219 g/mol. The zero-order chi connectivity index (χ0) is 12.3. The van der Waals surface area contributed by atoms with Crippen LogP contribution in [0.2, 0.25) is 0 Å². The van der Waals surface area contributed by atoms with Crippen molar-refractivity contribution in [3.63, 3.8) is 0 Å². The molecule has 1 aromatic rings. The molecule has 0 bridgehead atoms. The summed E-state index contributed by atoms with van der Waals surface area (Å²) in [5, 5.41) is 6.86. The summed E-state index contributed by atoms with van der Waals surface area (Å²) in [5.41, 5.74) is 1.89. The largest absolute Gasteiger partial charge is 0.390 e. The second-order valence-electron chi connectivity index (χ2n) is 3.98. The average Bonchev–Trinajstić information content (AvgIpc) is 2.42. The molecule has 1 unspecified atom stereocenters. The molecule has 0 saturated heterocycles. The molecule has 0 aliphatic rings. The first-order valence-corrected chi connectivity index (χ1v) is 5.07. The molecule has 1 aromatic heterocycles. The highest BCUT2D eigenvalue weighted by Crippen LogP contribution is 2.21. The van der Waals surface area contributed by atoms with Gasteiger partial charge in [0, 0.05) is 30.9 Å². The molecule has 92 valence electrons. The van der Waals surface area contributed by atoms with Crippen molar-refractivity contribution in [2.24, 2.45) is 7.05 Å². The lowest BCUT2D eigenvalue weighted by Gasteiger charge is -2.15. The number of alkyl halides is 3. The molecule has 1 N–H and O–H groups in total. The normalized spacial score (nSPS) is 14.1. The van der Waals surface area contributed by atoms with E-state index in [-0.39, 0.29) is 0 Å². The van der Waals surface area contributed by atoms with E-state index in [1.165, 1.54) is 6.92 Å². The van der Waals surface area contributed by atoms with Crippen LogP contribution in [0.3, 0.4) is 0 Å². The van der Waals surface area contributed by atoms with Crippen molar-refractivity contribution < 1.29 is 13.2 Å². The topological polar surface area (TPSA) is 29.9 Å². The Balaban J connectivity index is 2.43. The first-order valence-electron chi connectivity index (χ1n) is 5.07. The van der Waals surface area contributed by atoms with Crippen LogP contribution >= 0.6 is 0 Å². The van der Waals surface area contributed by atoms with E-state index in [1.54, 1.807) is 17.9 Å². The van der Waals surface area contributed by atoms with E-state index in [9.17, 15) is 13.2 Å². The van der Waals surface area contributed by atoms with Gasteiger partial charge in [0.1, 0.15) is 0 Å². The van der Waals surface area contributed by atoms with Crippen molar-refractivity contribution in [2.45, 2.75) is 39.0 Å². The maximum atomic E-state index is 12.1. The molecular formula is C10H16F3N3. The number of halogens is 3. The van der Waals surface area contributed by atoms with Gasteiger partial charge >= 0.3 is 6.18 Å². The number of aryl methyl sites for hydroxylation is 1. The van der Waals surface area contributed by atoms with Crippen molar-refractivity contribution in [1.82, 2.24) is 15.1 Å². The van der Waals surface area contributed by atoms with E-state index in [0.29, 0.717) is 6.54 Å². The third-order valence-electron chi connectivity index (χ3n) is 2.52. The van der Waals surface area contributed by atoms with Crippen LogP contribution in [0.15, 0.2) is 6.20 Å². The SMILES string of the molecule is Cc1c(CNC(C)CC(F)(F)F)cnn1C. The maximum absolute atomic E-state index is 12.1. The average molecular weight is 235 g/mol. The van der Waals surface area contributed by atoms with E-state index in [1.807, 2.05) is 6.92 Å². The van der Waals surface area contributed by atoms with E-state index in [2.05, 4.69) is 10.4 Å². The summed E-state index contributed by atoms with van der Waals surface area (Å²) in [6.07, 6.45) is -3.26. The number of hydrogen-bond donors (Lipinski definition) is 1. The zero-order valence-electron chi connectivity index (χ0n) is 9.60. The van der Waals surface area contributed by atoms with Crippen LogP contribution in [0.25, 0.3) is 0 Å². The van der Waals surface area contributed by atoms with Crippen molar-refractivity contribution >= 4 is 0 Å². The molecule has 1 rings (SSSR count). The zero-order valence-corrected chi connectivity index (χ0v) is 9.60. The van der Waals surface area contributed by atoms with Gasteiger partial charge in [0.05, 0.1) is 12.6 Å². The molecule has 0 fully saturated rings. The van der Waals surface area contributed by atoms with Gasteiger partial charge in [-0.15, -0.1) is 0 Å². The standard InChI is InChI=1S/C10H16F3N3/c1-7(4-10(11,12)13)14-5-9-6-15-16(3)8(9)2/h6-7,14H,4-5H2,1-3H3. The number of aromatic nitrogens is 2. The van der Waals surface area contributed by atoms with Gasteiger partial charge < -0.3 is 5.32 Å². The molecule has 0 aliphatic carbocycles. The van der Waals surface area contributed by atoms with Gasteiger partial charge in [0.2, 0.25) is 0 Å². The highest BCUT2D eigenvalue weighted by Gasteiger charge is 2.29. The summed E-state index contributed by atoms with van der Waals surface area (Å²) in [6.45, 7) is 3.83. The third-order valence-corrected chi connectivity index (χ3v) is 2.52. The van der Waals surface area contributed by atoms with Gasteiger partial charge in [-0.1, -0.05) is 0 Å². The molecule has 0 amide bonds. The Morgan fingerprint density at radius 1 is 1.50 bits per heavy atom. The lowest BCUT2D eigenvalue weighted by molar-refractivity contribution is -0.139. The van der Waals surface area contributed by atoms with Crippen LogP contribution in [0, 0.1) is 6.92 Å². The Bertz CT molecular complexity index is 344. The Hall–Kier alpha value is -1.04. The second-order valence-corrected chi connectivity index (χ2v) is 3.98. The minimum Gasteiger partial charge on any atom is -0.310 e. The van der Waals surface area contributed by atoms with Crippen molar-refractivity contribution in [2.75, 3.05) is 0 Å². The fourth-order valence-electron chi connectivity index (χ4n) is 1.42. The Morgan fingerprint density at radius 2 is 2.12 bits per heavy atom. The highest BCUT2D eigenvalue weighted by molar-refractivity contribution is 5.15. The summed E-state index contributed by atoms with van der Waals surface area (Å²) in [6, 6.07) is -0.584. The van der Waals surface area contributed by atoms with Gasteiger partial charge in [0.15, 0.2) is 0 Å². The number of nitrogens with zero attached hydrogens (tertiary/aromatic N) is 2. The molecule has 0 spiro atoms. The first-order chi connectivity index (χ1) is 7.29. The second kappa shape index (κ2) is 4.86. The number of nitrogens with one attached hydrogen (secondary N) is 1. The smallest absolute Gasteiger partial charge is 0.310 e. The minimum atomic E-state index is -4.11. The highest BCUT2D eigenvalue weighted by atomic mass is 19.4. The number of rotatable bonds is 4. The minimum absolute atomic E-state index is 0.414. The van der Waals surface area contributed by atoms with E-state index in [4.69, 9.17) is 0 Å². The molecule has 0 aliphatic heterocycles. The fraction of sp³-hybridized carbons (Fsp3) is 0.700. The van der Waals surface area contributed by atoms with E-state index < -0.39 is 18.6 Å². The Kier molecular flexibility index (Phi) is 3.96. The van der Waals surface area contributed by atoms with Crippen molar-refractivity contribution in [1.29, 1.82) is 0 Å². The van der Waals surface area contributed by atoms with Gasteiger partial charge in [-0.2, -0.15) is 18.3 Å². The van der Waals surface area contributed by atoms with E-state index in [0.717, 1.165) is 11.3 Å². The first kappa shape index (κ1) is 13.0. The summed E-state index contributed by atoms with van der Waals surface area (Å²) < 4.78 is 37.9. The third kappa shape index (κ3) is 3.84. The molecule has 0 aromatic carbocycles. The molecule has 6 heteroatoms. The monoisotopic (exact) mass is 235 g/mol. The van der Waals surface area contributed by atoms with Crippen LogP contribution in [0.4, 0.5) is 13.2 Å². The fourth-order valence-corrected chi connectivity index (χ4v) is 1.42. The molecule has 0 radical (unpaired) electrons. The summed E-state index contributed by atoms with van der Waals surface area (Å²) in [5.74, 6) is 0. The van der Waals surface area contributed by atoms with Crippen LogP contribution in [0.5, 0.6) is 0 Å². The van der Waals surface area contributed by atoms with Crippen LogP contribution < -0.4 is 5.32 Å². The van der Waals surface area contributed by atoms with Crippen LogP contribution in [-0.2, 0) is 13.6 Å². The lowest BCUT2D eigenvalue weighted by atomic mass is 10.2. The molecule has 16 heavy (non-hydrogen) atoms. The molecule has 1 atom stereocenters. The van der Waals surface area contributed by atoms with Crippen molar-refractivity contribution in [3.8, 4) is 0 Å². The quantitative estimate of drug-likeness (QED) is 0.866. The lowest BCUT2D eigenvalue weighted by Crippen LogP contribution is -2.30. The van der Waals surface area contributed by atoms with Gasteiger partial charge in [-0.3, -0.25) is 4.68 Å². The predicted molar refractivity (Wildman–Crippen MR) is 54.9 cm³/mol. The van der Waals surface area contributed by atoms with Crippen LogP contribution in [-0.4, -0.2) is 22.0 Å². The summed E-state index contributed by atoms with van der Waals surface area (Å²) in [4.78, 5) is 0. The van der Waals surface area contributed by atoms with E-state index >= 15 is 0 Å². The van der Waals surface area contributed by atoms with Gasteiger partial charge in [-0.05, 0) is 13.8 Å². The summed E-state index contributed by atoms with van der Waals surface area (Å²) in [7, 11) is 1.80. The molecule has 1 heterocycles. The summed E-state index contributed by atoms with van der Waals surface area (Å²) >= 11 is 0. The van der Waals surface area contributed by atoms with Gasteiger partial charge in [0.25, 0.3) is 0 Å². The van der Waals surface area contributed by atoms with Gasteiger partial charge in [-0.25, -0.2) is 0 Å². The maximum Gasteiger partial charge on any atom is 0.390 e. The predicted octanol–water partition coefficient (Wildman–Crippen LogP) is 2.16. The Morgan fingerprint density at radius 3 is 2.56 bits per heavy atom. The number of hydrogen-bond acceptors (Lipinski definition) is 2. The van der Waals surface area contributed by atoms with Crippen molar-refractivity contribution in [3.05, 3.63) is 17.5 Å². The Labute approximate surface area is 92.6 Å². The van der Waals surface area contributed by atoms with Crippen LogP contribution in [0.1, 0.15) is 24.6 Å². The molecule has 0 saturated carbocycles. The molecule has 3 nitrogen and oxygen atoms in total.